The molecular formula is C27H28ClN3O3. The van der Waals surface area contributed by atoms with Gasteiger partial charge >= 0.3 is 0 Å². The lowest BCUT2D eigenvalue weighted by atomic mass is 10.2. The van der Waals surface area contributed by atoms with E-state index in [1.165, 1.54) is 0 Å². The standard InChI is InChI=1S/C27H28ClN3O3/c1-33-20-9-8-10-21(19-20)34-18-7-6-17-31-25-14-5-4-13-24(25)30-26(31)15-16-29-27(32)22-11-2-3-12-23(22)28/h2-5,8-14,19H,6-7,15-18H2,1H3,(H,29,32). The number of amides is 1. The zero-order chi connectivity index (χ0) is 23.8. The molecule has 0 aliphatic carbocycles. The van der Waals surface area contributed by atoms with Gasteiger partial charge < -0.3 is 19.4 Å². The number of aryl methyl sites for hydroxylation is 1. The molecule has 3 aromatic carbocycles. The Morgan fingerprint density at radius 1 is 1.00 bits per heavy atom. The van der Waals surface area contributed by atoms with Crippen molar-refractivity contribution in [1.29, 1.82) is 0 Å². The van der Waals surface area contributed by atoms with E-state index in [1.54, 1.807) is 25.3 Å². The number of hydrogen-bond donors (Lipinski definition) is 1. The largest absolute Gasteiger partial charge is 0.497 e. The number of unbranched alkanes of at least 4 members (excludes halogenated alkanes) is 1. The summed E-state index contributed by atoms with van der Waals surface area (Å²) in [4.78, 5) is 17.3. The third kappa shape index (κ3) is 5.88. The van der Waals surface area contributed by atoms with Crippen molar-refractivity contribution in [3.05, 3.63) is 89.2 Å². The molecule has 0 bridgehead atoms. The predicted molar refractivity (Wildman–Crippen MR) is 135 cm³/mol. The molecule has 0 unspecified atom stereocenters. The summed E-state index contributed by atoms with van der Waals surface area (Å²) < 4.78 is 13.3. The Morgan fingerprint density at radius 3 is 2.65 bits per heavy atom. The van der Waals surface area contributed by atoms with E-state index in [0.29, 0.717) is 30.2 Å². The van der Waals surface area contributed by atoms with Crippen LogP contribution < -0.4 is 14.8 Å². The van der Waals surface area contributed by atoms with Crippen LogP contribution in [-0.2, 0) is 13.0 Å². The molecule has 0 aliphatic rings. The van der Waals surface area contributed by atoms with Gasteiger partial charge in [0.1, 0.15) is 17.3 Å². The van der Waals surface area contributed by atoms with Crippen molar-refractivity contribution in [3.63, 3.8) is 0 Å². The molecule has 34 heavy (non-hydrogen) atoms. The van der Waals surface area contributed by atoms with Gasteiger partial charge in [-0.2, -0.15) is 0 Å². The molecule has 0 saturated heterocycles. The van der Waals surface area contributed by atoms with Gasteiger partial charge in [0.15, 0.2) is 0 Å². The minimum atomic E-state index is -0.178. The number of carbonyl (C=O) groups excluding carboxylic acids is 1. The van der Waals surface area contributed by atoms with Gasteiger partial charge in [-0.15, -0.1) is 0 Å². The molecule has 4 rings (SSSR count). The highest BCUT2D eigenvalue weighted by Crippen LogP contribution is 2.20. The molecule has 6 nitrogen and oxygen atoms in total. The summed E-state index contributed by atoms with van der Waals surface area (Å²) in [7, 11) is 1.65. The van der Waals surface area contributed by atoms with E-state index < -0.39 is 0 Å². The highest BCUT2D eigenvalue weighted by molar-refractivity contribution is 6.33. The number of methoxy groups -OCH3 is 1. The Bertz CT molecular complexity index is 1250. The lowest BCUT2D eigenvalue weighted by Crippen LogP contribution is -2.26. The van der Waals surface area contributed by atoms with Crippen molar-refractivity contribution in [2.75, 3.05) is 20.3 Å². The Balaban J connectivity index is 1.33. The zero-order valence-corrected chi connectivity index (χ0v) is 19.9. The Morgan fingerprint density at radius 2 is 1.79 bits per heavy atom. The van der Waals surface area contributed by atoms with E-state index in [2.05, 4.69) is 16.0 Å². The fourth-order valence-corrected chi connectivity index (χ4v) is 4.07. The molecule has 0 fully saturated rings. The third-order valence-electron chi connectivity index (χ3n) is 5.57. The summed E-state index contributed by atoms with van der Waals surface area (Å²) in [5, 5.41) is 3.40. The normalized spacial score (nSPS) is 10.9. The fourth-order valence-electron chi connectivity index (χ4n) is 3.85. The zero-order valence-electron chi connectivity index (χ0n) is 19.2. The number of nitrogens with one attached hydrogen (secondary N) is 1. The quantitative estimate of drug-likeness (QED) is 0.288. The van der Waals surface area contributed by atoms with Gasteiger partial charge in [-0.1, -0.05) is 41.9 Å². The molecule has 1 amide bonds. The summed E-state index contributed by atoms with van der Waals surface area (Å²) in [6, 6.07) is 22.8. The molecule has 176 valence electrons. The fraction of sp³-hybridized carbons (Fsp3) is 0.259. The first-order chi connectivity index (χ1) is 16.7. The highest BCUT2D eigenvalue weighted by Gasteiger charge is 2.12. The van der Waals surface area contributed by atoms with Gasteiger partial charge in [0.05, 0.1) is 35.3 Å². The third-order valence-corrected chi connectivity index (χ3v) is 5.90. The molecule has 7 heteroatoms. The van der Waals surface area contributed by atoms with E-state index in [9.17, 15) is 4.79 Å². The second-order valence-electron chi connectivity index (χ2n) is 7.89. The minimum absolute atomic E-state index is 0.178. The van der Waals surface area contributed by atoms with Gasteiger partial charge in [-0.3, -0.25) is 4.79 Å². The van der Waals surface area contributed by atoms with Crippen LogP contribution in [0, 0.1) is 0 Å². The van der Waals surface area contributed by atoms with Crippen LogP contribution in [0.5, 0.6) is 11.5 Å². The van der Waals surface area contributed by atoms with Crippen molar-refractivity contribution in [1.82, 2.24) is 14.9 Å². The van der Waals surface area contributed by atoms with E-state index in [1.807, 2.05) is 48.5 Å². The Labute approximate surface area is 204 Å². The maximum absolute atomic E-state index is 12.5. The van der Waals surface area contributed by atoms with Gasteiger partial charge in [0.25, 0.3) is 5.91 Å². The van der Waals surface area contributed by atoms with Crippen LogP contribution in [0.3, 0.4) is 0 Å². The molecule has 4 aromatic rings. The molecule has 0 spiro atoms. The summed E-state index contributed by atoms with van der Waals surface area (Å²) in [6.07, 6.45) is 2.49. The first-order valence-corrected chi connectivity index (χ1v) is 11.8. The van der Waals surface area contributed by atoms with Crippen molar-refractivity contribution >= 4 is 28.5 Å². The van der Waals surface area contributed by atoms with E-state index >= 15 is 0 Å². The summed E-state index contributed by atoms with van der Waals surface area (Å²) >= 11 is 6.14. The molecule has 1 heterocycles. The lowest BCUT2D eigenvalue weighted by Gasteiger charge is -2.11. The number of carbonyl (C=O) groups is 1. The number of ether oxygens (including phenoxy) is 2. The van der Waals surface area contributed by atoms with Gasteiger partial charge in [0.2, 0.25) is 0 Å². The summed E-state index contributed by atoms with van der Waals surface area (Å²) in [5.74, 6) is 2.37. The second-order valence-corrected chi connectivity index (χ2v) is 8.30. The molecule has 0 atom stereocenters. The van der Waals surface area contributed by atoms with Gasteiger partial charge in [-0.05, 0) is 49.2 Å². The number of rotatable bonds is 11. The predicted octanol–water partition coefficient (Wildman–Crippen LogP) is 5.53. The smallest absolute Gasteiger partial charge is 0.252 e. The molecule has 1 aromatic heterocycles. The number of hydrogen-bond acceptors (Lipinski definition) is 4. The van der Waals surface area contributed by atoms with Gasteiger partial charge in [-0.25, -0.2) is 4.98 Å². The van der Waals surface area contributed by atoms with Crippen LogP contribution in [0.1, 0.15) is 29.0 Å². The summed E-state index contributed by atoms with van der Waals surface area (Å²) in [6.45, 7) is 1.94. The van der Waals surface area contributed by atoms with E-state index in [4.69, 9.17) is 26.1 Å². The molecular weight excluding hydrogens is 450 g/mol. The van der Waals surface area contributed by atoms with Crippen molar-refractivity contribution in [2.24, 2.45) is 0 Å². The molecule has 0 radical (unpaired) electrons. The summed E-state index contributed by atoms with van der Waals surface area (Å²) in [5.41, 5.74) is 2.54. The number of fused-ring (bicyclic) bond motifs is 1. The molecule has 1 N–H and O–H groups in total. The van der Waals surface area contributed by atoms with Crippen LogP contribution >= 0.6 is 11.6 Å². The van der Waals surface area contributed by atoms with Crippen LogP contribution in [0.25, 0.3) is 11.0 Å². The number of halogens is 1. The average Bonchev–Trinajstić information content (AvgIpc) is 3.21. The molecule has 0 aliphatic heterocycles. The Hall–Kier alpha value is -3.51. The topological polar surface area (TPSA) is 65.4 Å². The first-order valence-electron chi connectivity index (χ1n) is 11.4. The molecule has 0 saturated carbocycles. The maximum atomic E-state index is 12.5. The number of para-hydroxylation sites is 2. The number of imidazole rings is 1. The second kappa shape index (κ2) is 11.6. The van der Waals surface area contributed by atoms with Crippen LogP contribution in [-0.4, -0.2) is 35.7 Å². The Kier molecular flexibility index (Phi) is 8.04. The van der Waals surface area contributed by atoms with Crippen LogP contribution in [0.4, 0.5) is 0 Å². The highest BCUT2D eigenvalue weighted by atomic mass is 35.5. The monoisotopic (exact) mass is 477 g/mol. The number of benzene rings is 3. The van der Waals surface area contributed by atoms with Crippen LogP contribution in [0.2, 0.25) is 5.02 Å². The van der Waals surface area contributed by atoms with Gasteiger partial charge in [0, 0.05) is 25.6 Å². The minimum Gasteiger partial charge on any atom is -0.497 e. The SMILES string of the molecule is COc1cccc(OCCCCn2c(CCNC(=O)c3ccccc3Cl)nc3ccccc32)c1. The lowest BCUT2D eigenvalue weighted by molar-refractivity contribution is 0.0954. The van der Waals surface area contributed by atoms with Crippen LogP contribution in [0.15, 0.2) is 72.8 Å². The van der Waals surface area contributed by atoms with Crippen molar-refractivity contribution in [3.8, 4) is 11.5 Å². The first kappa shape index (κ1) is 23.6. The van der Waals surface area contributed by atoms with Crippen molar-refractivity contribution < 1.29 is 14.3 Å². The maximum Gasteiger partial charge on any atom is 0.252 e. The van der Waals surface area contributed by atoms with Crippen molar-refractivity contribution in [2.45, 2.75) is 25.8 Å². The van der Waals surface area contributed by atoms with E-state index in [-0.39, 0.29) is 5.91 Å². The number of aromatic nitrogens is 2. The number of nitrogens with zero attached hydrogens (tertiary/aromatic N) is 2. The van der Waals surface area contributed by atoms with E-state index in [0.717, 1.165) is 47.7 Å². The average molecular weight is 478 g/mol.